The Morgan fingerprint density at radius 1 is 1.13 bits per heavy atom. The maximum Gasteiger partial charge on any atom is 0.308 e. The lowest BCUT2D eigenvalue weighted by Crippen LogP contribution is -2.40. The third-order valence-electron chi connectivity index (χ3n) is 7.89. The molecule has 2 aromatic rings. The fraction of sp³-hybridized carbons (Fsp3) is 0.407. The normalized spacial score (nSPS) is 29.6. The minimum atomic E-state index is -0.274. The summed E-state index contributed by atoms with van der Waals surface area (Å²) in [5.41, 5.74) is 6.31. The van der Waals surface area contributed by atoms with E-state index in [1.54, 1.807) is 0 Å². The summed E-state index contributed by atoms with van der Waals surface area (Å²) in [6.07, 6.45) is 6.39. The van der Waals surface area contributed by atoms with Gasteiger partial charge >= 0.3 is 5.97 Å². The van der Waals surface area contributed by atoms with E-state index in [2.05, 4.69) is 43.3 Å². The second kappa shape index (κ2) is 7.23. The molecule has 2 aromatic carbocycles. The molecule has 3 aliphatic rings. The quantitative estimate of drug-likeness (QED) is 0.375. The van der Waals surface area contributed by atoms with Crippen molar-refractivity contribution >= 4 is 17.8 Å². The number of ether oxygens (including phenoxy) is 1. The summed E-state index contributed by atoms with van der Waals surface area (Å²) in [6, 6.07) is 16.7. The Balaban J connectivity index is 1.49. The van der Waals surface area contributed by atoms with Gasteiger partial charge in [0, 0.05) is 6.92 Å². The molecule has 3 nitrogen and oxygen atoms in total. The van der Waals surface area contributed by atoms with Crippen LogP contribution in [0.4, 0.5) is 0 Å². The fourth-order valence-corrected chi connectivity index (χ4v) is 6.73. The van der Waals surface area contributed by atoms with Crippen LogP contribution in [-0.4, -0.2) is 12.3 Å². The number of carbonyl (C=O) groups excluding carboxylic acids is 2. The van der Waals surface area contributed by atoms with E-state index in [4.69, 9.17) is 4.74 Å². The largest absolute Gasteiger partial charge is 0.427 e. The van der Waals surface area contributed by atoms with Gasteiger partial charge in [-0.3, -0.25) is 9.59 Å². The predicted octanol–water partition coefficient (Wildman–Crippen LogP) is 5.73. The van der Waals surface area contributed by atoms with E-state index in [9.17, 15) is 9.59 Å². The van der Waals surface area contributed by atoms with Gasteiger partial charge in [-0.1, -0.05) is 43.3 Å². The molecule has 3 aliphatic carbocycles. The summed E-state index contributed by atoms with van der Waals surface area (Å²) in [5, 5.41) is 0. The van der Waals surface area contributed by atoms with Crippen LogP contribution in [0, 0.1) is 17.3 Å². The van der Waals surface area contributed by atoms with Gasteiger partial charge < -0.3 is 4.74 Å². The maximum atomic E-state index is 12.1. The summed E-state index contributed by atoms with van der Waals surface area (Å²) < 4.78 is 5.31. The SMILES string of the molecule is CC(=O)Oc1ccc2c(c1)CC[C@@H]1[C@@H]2CC[C@]2(C)C(c3ccccc3)=C(C=O)C[C@@H]12. The van der Waals surface area contributed by atoms with Crippen LogP contribution in [0.1, 0.15) is 62.1 Å². The molecular formula is C27H28O3. The van der Waals surface area contributed by atoms with E-state index in [0.717, 1.165) is 44.0 Å². The summed E-state index contributed by atoms with van der Waals surface area (Å²) in [6.45, 7) is 3.84. The van der Waals surface area contributed by atoms with Crippen LogP contribution in [0.5, 0.6) is 5.75 Å². The topological polar surface area (TPSA) is 43.4 Å². The highest BCUT2D eigenvalue weighted by Gasteiger charge is 2.53. The van der Waals surface area contributed by atoms with Gasteiger partial charge in [0.1, 0.15) is 12.0 Å². The summed E-state index contributed by atoms with van der Waals surface area (Å²) in [5.74, 6) is 2.00. The molecule has 0 amide bonds. The fourth-order valence-electron chi connectivity index (χ4n) is 6.73. The lowest BCUT2D eigenvalue weighted by molar-refractivity contribution is -0.131. The van der Waals surface area contributed by atoms with Crippen molar-refractivity contribution in [1.29, 1.82) is 0 Å². The molecule has 5 rings (SSSR count). The number of allylic oxidation sites excluding steroid dienone is 2. The highest BCUT2D eigenvalue weighted by Crippen LogP contribution is 2.64. The molecule has 3 heteroatoms. The molecule has 0 radical (unpaired) electrons. The third kappa shape index (κ3) is 2.94. The molecule has 1 fully saturated rings. The Bertz CT molecular complexity index is 1040. The Hall–Kier alpha value is -2.68. The number of carbonyl (C=O) groups is 2. The molecule has 0 spiro atoms. The highest BCUT2D eigenvalue weighted by molar-refractivity contribution is 5.92. The maximum absolute atomic E-state index is 12.1. The van der Waals surface area contributed by atoms with Gasteiger partial charge in [-0.15, -0.1) is 0 Å². The number of rotatable bonds is 3. The van der Waals surface area contributed by atoms with Crippen LogP contribution in [0.15, 0.2) is 54.1 Å². The number of aldehydes is 1. The molecule has 0 aliphatic heterocycles. The zero-order chi connectivity index (χ0) is 20.9. The Labute approximate surface area is 178 Å². The molecule has 1 saturated carbocycles. The zero-order valence-electron chi connectivity index (χ0n) is 17.7. The van der Waals surface area contributed by atoms with E-state index < -0.39 is 0 Å². The zero-order valence-corrected chi connectivity index (χ0v) is 17.7. The molecule has 154 valence electrons. The van der Waals surface area contributed by atoms with Crippen LogP contribution in [0.2, 0.25) is 0 Å². The van der Waals surface area contributed by atoms with E-state index in [1.807, 2.05) is 12.1 Å². The van der Waals surface area contributed by atoms with Crippen molar-refractivity contribution in [3.8, 4) is 5.75 Å². The Morgan fingerprint density at radius 2 is 1.93 bits per heavy atom. The van der Waals surface area contributed by atoms with Gasteiger partial charge in [-0.2, -0.15) is 0 Å². The van der Waals surface area contributed by atoms with Crippen molar-refractivity contribution in [1.82, 2.24) is 0 Å². The standard InChI is InChI=1S/C27H28O3/c1-17(29)30-21-9-11-22-19(14-21)8-10-24-23(22)12-13-27(2)25(24)15-20(16-28)26(27)18-6-4-3-5-7-18/h3-7,9,11,14,16,23-25H,8,10,12-13,15H2,1-2H3/t23-,24-,25+,27+/m1/s1. The average Bonchev–Trinajstić information content (AvgIpc) is 3.06. The number of hydrogen-bond acceptors (Lipinski definition) is 3. The molecule has 0 N–H and O–H groups in total. The second-order valence-corrected chi connectivity index (χ2v) is 9.41. The predicted molar refractivity (Wildman–Crippen MR) is 117 cm³/mol. The number of hydrogen-bond donors (Lipinski definition) is 0. The van der Waals surface area contributed by atoms with Gasteiger partial charge in [0.25, 0.3) is 0 Å². The van der Waals surface area contributed by atoms with Crippen LogP contribution >= 0.6 is 0 Å². The molecule has 4 atom stereocenters. The van der Waals surface area contributed by atoms with E-state index in [-0.39, 0.29) is 11.4 Å². The van der Waals surface area contributed by atoms with Crippen molar-refractivity contribution in [2.75, 3.05) is 0 Å². The first kappa shape index (κ1) is 19.3. The van der Waals surface area contributed by atoms with Gasteiger partial charge in [0.15, 0.2) is 0 Å². The van der Waals surface area contributed by atoms with Gasteiger partial charge in [0.2, 0.25) is 0 Å². The average molecular weight is 401 g/mol. The molecule has 0 bridgehead atoms. The van der Waals surface area contributed by atoms with E-state index in [1.165, 1.54) is 29.2 Å². The second-order valence-electron chi connectivity index (χ2n) is 9.41. The number of aryl methyl sites for hydroxylation is 1. The summed E-state index contributed by atoms with van der Waals surface area (Å²) in [7, 11) is 0. The number of fused-ring (bicyclic) bond motifs is 5. The highest BCUT2D eigenvalue weighted by atomic mass is 16.5. The molecule has 0 heterocycles. The van der Waals surface area contributed by atoms with Gasteiger partial charge in [-0.25, -0.2) is 0 Å². The van der Waals surface area contributed by atoms with E-state index in [0.29, 0.717) is 23.5 Å². The lowest BCUT2D eigenvalue weighted by atomic mass is 9.54. The van der Waals surface area contributed by atoms with Crippen LogP contribution in [0.25, 0.3) is 5.57 Å². The Morgan fingerprint density at radius 3 is 2.67 bits per heavy atom. The van der Waals surface area contributed by atoms with Gasteiger partial charge in [0.05, 0.1) is 0 Å². The molecule has 30 heavy (non-hydrogen) atoms. The van der Waals surface area contributed by atoms with Crippen molar-refractivity contribution in [2.45, 2.75) is 51.9 Å². The molecule has 0 aromatic heterocycles. The van der Waals surface area contributed by atoms with Crippen LogP contribution < -0.4 is 4.74 Å². The van der Waals surface area contributed by atoms with Crippen molar-refractivity contribution in [3.63, 3.8) is 0 Å². The smallest absolute Gasteiger partial charge is 0.308 e. The first-order chi connectivity index (χ1) is 14.5. The van der Waals surface area contributed by atoms with Crippen LogP contribution in [-0.2, 0) is 16.0 Å². The monoisotopic (exact) mass is 400 g/mol. The van der Waals surface area contributed by atoms with Crippen molar-refractivity contribution in [2.24, 2.45) is 17.3 Å². The van der Waals surface area contributed by atoms with Crippen molar-refractivity contribution < 1.29 is 14.3 Å². The van der Waals surface area contributed by atoms with Gasteiger partial charge in [-0.05, 0) is 95.2 Å². The molecular weight excluding hydrogens is 372 g/mol. The Kier molecular flexibility index (Phi) is 4.65. The molecule has 0 saturated heterocycles. The lowest BCUT2D eigenvalue weighted by Gasteiger charge is -2.50. The summed E-state index contributed by atoms with van der Waals surface area (Å²) in [4.78, 5) is 23.4. The first-order valence-electron chi connectivity index (χ1n) is 11.1. The third-order valence-corrected chi connectivity index (χ3v) is 7.89. The number of benzene rings is 2. The van der Waals surface area contributed by atoms with Crippen molar-refractivity contribution in [3.05, 3.63) is 70.8 Å². The minimum absolute atomic E-state index is 0.0634. The van der Waals surface area contributed by atoms with Crippen LogP contribution in [0.3, 0.4) is 0 Å². The summed E-state index contributed by atoms with van der Waals surface area (Å²) >= 11 is 0. The first-order valence-corrected chi connectivity index (χ1v) is 11.1. The van der Waals surface area contributed by atoms with E-state index >= 15 is 0 Å². The number of esters is 1. The molecule has 0 unspecified atom stereocenters. The minimum Gasteiger partial charge on any atom is -0.427 e.